The van der Waals surface area contributed by atoms with Crippen molar-refractivity contribution < 1.29 is 17.9 Å². The lowest BCUT2D eigenvalue weighted by molar-refractivity contribution is -0.0521. The first-order chi connectivity index (χ1) is 9.86. The third kappa shape index (κ3) is 3.95. The number of nitrogens with two attached hydrogens (primary N) is 1. The zero-order valence-electron chi connectivity index (χ0n) is 10.3. The van der Waals surface area contributed by atoms with Gasteiger partial charge in [-0.25, -0.2) is 4.39 Å². The summed E-state index contributed by atoms with van der Waals surface area (Å²) in [6.07, 6.45) is 0. The Labute approximate surface area is 132 Å². The van der Waals surface area contributed by atoms with Crippen LogP contribution in [0.1, 0.15) is 0 Å². The Morgan fingerprint density at radius 1 is 1.24 bits per heavy atom. The lowest BCUT2D eigenvalue weighted by Crippen LogP contribution is -2.05. The number of nitrogen functional groups attached to an aromatic ring is 1. The molecule has 8 heteroatoms. The van der Waals surface area contributed by atoms with Crippen LogP contribution >= 0.6 is 27.5 Å². The molecule has 112 valence electrons. The van der Waals surface area contributed by atoms with Crippen molar-refractivity contribution in [2.45, 2.75) is 6.61 Å². The maximum Gasteiger partial charge on any atom is 0.387 e. The van der Waals surface area contributed by atoms with Crippen molar-refractivity contribution in [3.8, 4) is 5.75 Å². The summed E-state index contributed by atoms with van der Waals surface area (Å²) < 4.78 is 42.6. The molecule has 3 nitrogen and oxygen atoms in total. The molecule has 0 heterocycles. The van der Waals surface area contributed by atoms with Crippen LogP contribution in [0, 0.1) is 5.82 Å². The summed E-state index contributed by atoms with van der Waals surface area (Å²) in [5, 5.41) is 3.31. The summed E-state index contributed by atoms with van der Waals surface area (Å²) in [6, 6.07) is 6.95. The molecule has 0 aliphatic heterocycles. The first-order valence-corrected chi connectivity index (χ1v) is 6.80. The van der Waals surface area contributed by atoms with Gasteiger partial charge in [0.25, 0.3) is 0 Å². The topological polar surface area (TPSA) is 47.3 Å². The van der Waals surface area contributed by atoms with E-state index >= 15 is 0 Å². The largest absolute Gasteiger partial charge is 0.432 e. The molecule has 2 aromatic rings. The highest BCUT2D eigenvalue weighted by Gasteiger charge is 2.13. The van der Waals surface area contributed by atoms with Crippen molar-refractivity contribution in [3.05, 3.63) is 45.6 Å². The van der Waals surface area contributed by atoms with Gasteiger partial charge in [-0.2, -0.15) is 8.78 Å². The maximum absolute atomic E-state index is 13.5. The Hall–Kier alpha value is -1.60. The van der Waals surface area contributed by atoms with Gasteiger partial charge in [-0.15, -0.1) is 0 Å². The number of hydrogen-bond donors (Lipinski definition) is 2. The third-order valence-electron chi connectivity index (χ3n) is 2.52. The second-order valence-electron chi connectivity index (χ2n) is 4.00. The molecular formula is C13H9BrClF3N2O. The van der Waals surface area contributed by atoms with Crippen LogP contribution in [0.5, 0.6) is 5.75 Å². The fraction of sp³-hybridized carbons (Fsp3) is 0.0769. The van der Waals surface area contributed by atoms with Crippen molar-refractivity contribution in [2.24, 2.45) is 0 Å². The standard InChI is InChI=1S/C13H9BrClF3N2O/c14-7-2-1-6(3-8(7)15)20-11-5-12(21-13(17)18)9(16)4-10(11)19/h1-5,13,20H,19H2. The minimum atomic E-state index is -3.13. The van der Waals surface area contributed by atoms with Gasteiger partial charge in [0.05, 0.1) is 16.4 Å². The fourth-order valence-corrected chi connectivity index (χ4v) is 2.02. The van der Waals surface area contributed by atoms with E-state index in [4.69, 9.17) is 17.3 Å². The Kier molecular flexibility index (Phi) is 4.84. The normalized spacial score (nSPS) is 10.8. The van der Waals surface area contributed by atoms with Crippen LogP contribution < -0.4 is 15.8 Å². The van der Waals surface area contributed by atoms with Gasteiger partial charge < -0.3 is 15.8 Å². The second-order valence-corrected chi connectivity index (χ2v) is 5.26. The summed E-state index contributed by atoms with van der Waals surface area (Å²) in [5.41, 5.74) is 6.49. The first kappa shape index (κ1) is 15.8. The van der Waals surface area contributed by atoms with E-state index in [1.54, 1.807) is 18.2 Å². The highest BCUT2D eigenvalue weighted by atomic mass is 79.9. The molecule has 2 aromatic carbocycles. The molecule has 0 aromatic heterocycles. The lowest BCUT2D eigenvalue weighted by atomic mass is 10.2. The van der Waals surface area contributed by atoms with E-state index in [-0.39, 0.29) is 11.4 Å². The van der Waals surface area contributed by atoms with Crippen molar-refractivity contribution in [1.82, 2.24) is 0 Å². The van der Waals surface area contributed by atoms with E-state index in [9.17, 15) is 13.2 Å². The molecule has 0 aliphatic rings. The summed E-state index contributed by atoms with van der Waals surface area (Å²) >= 11 is 9.18. The van der Waals surface area contributed by atoms with Crippen LogP contribution in [0.25, 0.3) is 0 Å². The van der Waals surface area contributed by atoms with Crippen LogP contribution in [0.2, 0.25) is 5.02 Å². The predicted molar refractivity (Wildman–Crippen MR) is 79.9 cm³/mol. The third-order valence-corrected chi connectivity index (χ3v) is 3.75. The molecule has 0 fully saturated rings. The molecule has 0 bridgehead atoms. The van der Waals surface area contributed by atoms with Gasteiger partial charge in [-0.1, -0.05) is 11.6 Å². The molecule has 2 rings (SSSR count). The maximum atomic E-state index is 13.5. The summed E-state index contributed by atoms with van der Waals surface area (Å²) in [4.78, 5) is 0. The monoisotopic (exact) mass is 380 g/mol. The van der Waals surface area contributed by atoms with Crippen molar-refractivity contribution in [2.75, 3.05) is 11.1 Å². The van der Waals surface area contributed by atoms with Gasteiger partial charge in [0, 0.05) is 22.3 Å². The number of benzene rings is 2. The number of halogens is 5. The van der Waals surface area contributed by atoms with Crippen LogP contribution in [0.3, 0.4) is 0 Å². The Balaban J connectivity index is 2.32. The molecule has 21 heavy (non-hydrogen) atoms. The second kappa shape index (κ2) is 6.44. The van der Waals surface area contributed by atoms with E-state index in [2.05, 4.69) is 26.0 Å². The summed E-state index contributed by atoms with van der Waals surface area (Å²) in [7, 11) is 0. The SMILES string of the molecule is Nc1cc(F)c(OC(F)F)cc1Nc1ccc(Br)c(Cl)c1. The predicted octanol–water partition coefficient (Wildman–Crippen LogP) is 5.17. The minimum absolute atomic E-state index is 0.0492. The first-order valence-electron chi connectivity index (χ1n) is 5.62. The summed E-state index contributed by atoms with van der Waals surface area (Å²) in [6.45, 7) is -3.13. The van der Waals surface area contributed by atoms with E-state index < -0.39 is 18.2 Å². The van der Waals surface area contributed by atoms with Gasteiger partial charge >= 0.3 is 6.61 Å². The molecule has 0 saturated carbocycles. The van der Waals surface area contributed by atoms with E-state index in [0.717, 1.165) is 12.1 Å². The molecular weight excluding hydrogens is 373 g/mol. The number of anilines is 3. The lowest BCUT2D eigenvalue weighted by Gasteiger charge is -2.13. The molecule has 0 spiro atoms. The molecule has 0 amide bonds. The number of hydrogen-bond acceptors (Lipinski definition) is 3. The summed E-state index contributed by atoms with van der Waals surface area (Å²) in [5.74, 6) is -1.56. The van der Waals surface area contributed by atoms with E-state index in [1.807, 2.05) is 0 Å². The minimum Gasteiger partial charge on any atom is -0.432 e. The fourth-order valence-electron chi connectivity index (χ4n) is 1.59. The van der Waals surface area contributed by atoms with Crippen molar-refractivity contribution in [3.63, 3.8) is 0 Å². The van der Waals surface area contributed by atoms with Crippen LogP contribution in [0.15, 0.2) is 34.8 Å². The number of nitrogens with one attached hydrogen (secondary N) is 1. The van der Waals surface area contributed by atoms with Crippen molar-refractivity contribution >= 4 is 44.6 Å². The number of rotatable bonds is 4. The average molecular weight is 382 g/mol. The Morgan fingerprint density at radius 3 is 2.57 bits per heavy atom. The molecule has 0 atom stereocenters. The van der Waals surface area contributed by atoms with Gasteiger partial charge in [-0.3, -0.25) is 0 Å². The van der Waals surface area contributed by atoms with Gasteiger partial charge in [0.1, 0.15) is 0 Å². The van der Waals surface area contributed by atoms with E-state index in [1.165, 1.54) is 0 Å². The zero-order chi connectivity index (χ0) is 15.6. The highest BCUT2D eigenvalue weighted by molar-refractivity contribution is 9.10. The molecule has 0 aliphatic carbocycles. The van der Waals surface area contributed by atoms with Crippen LogP contribution in [0.4, 0.5) is 30.2 Å². The molecule has 3 N–H and O–H groups in total. The Bertz CT molecular complexity index is 670. The zero-order valence-corrected chi connectivity index (χ0v) is 12.7. The smallest absolute Gasteiger partial charge is 0.387 e. The van der Waals surface area contributed by atoms with Gasteiger partial charge in [0.15, 0.2) is 11.6 Å². The average Bonchev–Trinajstić information content (AvgIpc) is 2.39. The quantitative estimate of drug-likeness (QED) is 0.718. The van der Waals surface area contributed by atoms with E-state index in [0.29, 0.717) is 15.2 Å². The Morgan fingerprint density at radius 2 is 1.95 bits per heavy atom. The molecule has 0 radical (unpaired) electrons. The van der Waals surface area contributed by atoms with Crippen LogP contribution in [-0.4, -0.2) is 6.61 Å². The van der Waals surface area contributed by atoms with Gasteiger partial charge in [-0.05, 0) is 34.1 Å². The number of ether oxygens (including phenoxy) is 1. The highest BCUT2D eigenvalue weighted by Crippen LogP contribution is 2.33. The number of alkyl halides is 2. The molecule has 0 unspecified atom stereocenters. The van der Waals surface area contributed by atoms with Crippen molar-refractivity contribution in [1.29, 1.82) is 0 Å². The van der Waals surface area contributed by atoms with Gasteiger partial charge in [0.2, 0.25) is 0 Å². The molecule has 0 saturated heterocycles. The van der Waals surface area contributed by atoms with Crippen LogP contribution in [-0.2, 0) is 0 Å².